The highest BCUT2D eigenvalue weighted by molar-refractivity contribution is 7.89. The number of hydrogen-bond donors (Lipinski definition) is 1. The van der Waals surface area contributed by atoms with Gasteiger partial charge in [0.25, 0.3) is 0 Å². The molecular weight excluding hydrogens is 325 g/mol. The van der Waals surface area contributed by atoms with Crippen LogP contribution >= 0.6 is 11.6 Å². The second kappa shape index (κ2) is 7.17. The van der Waals surface area contributed by atoms with Crippen LogP contribution in [0.4, 0.5) is 4.39 Å². The molecule has 0 radical (unpaired) electrons. The average Bonchev–Trinajstić information content (AvgIpc) is 2.34. The number of sulfonamides is 1. The van der Waals surface area contributed by atoms with Crippen molar-refractivity contribution in [1.29, 1.82) is 0 Å². The van der Waals surface area contributed by atoms with Crippen molar-refractivity contribution in [2.75, 3.05) is 13.2 Å². The van der Waals surface area contributed by atoms with Crippen LogP contribution in [-0.4, -0.2) is 33.7 Å². The Kier molecular flexibility index (Phi) is 6.09. The lowest BCUT2D eigenvalue weighted by Crippen LogP contribution is -2.21. The highest BCUT2D eigenvalue weighted by atomic mass is 35.5. The first-order chi connectivity index (χ1) is 9.66. The molecule has 0 fully saturated rings. The van der Waals surface area contributed by atoms with Crippen LogP contribution in [0.2, 0.25) is 5.02 Å². The van der Waals surface area contributed by atoms with Gasteiger partial charge in [0.15, 0.2) is 0 Å². The minimum absolute atomic E-state index is 0.170. The van der Waals surface area contributed by atoms with Crippen molar-refractivity contribution >= 4 is 27.6 Å². The minimum Gasteiger partial charge on any atom is -0.457 e. The number of carbonyl (C=O) groups excluding carboxylic acids is 1. The Hall–Kier alpha value is -1.22. The van der Waals surface area contributed by atoms with Crippen molar-refractivity contribution in [1.82, 2.24) is 0 Å². The fourth-order valence-electron chi connectivity index (χ4n) is 1.47. The lowest BCUT2D eigenvalue weighted by Gasteiger charge is -2.14. The fraction of sp³-hybridized carbons (Fsp3) is 0.417. The quantitative estimate of drug-likeness (QED) is 0.796. The summed E-state index contributed by atoms with van der Waals surface area (Å²) in [6.45, 7) is 3.99. The molecule has 0 saturated heterocycles. The Balaban J connectivity index is 3.05. The average molecular weight is 340 g/mol. The third-order valence-electron chi connectivity index (χ3n) is 2.41. The molecule has 0 aliphatic rings. The molecule has 0 aliphatic heterocycles. The standard InChI is InChI=1S/C12H15ClFNO5S/c1-3-19-6-7(2)20-12(16)8-4-11(21(15,17)18)10(14)5-9(8)13/h4-5,7H,3,6H2,1-2H3,(H2,15,17,18). The maximum absolute atomic E-state index is 13.5. The van der Waals surface area contributed by atoms with E-state index in [-0.39, 0.29) is 17.2 Å². The van der Waals surface area contributed by atoms with E-state index in [2.05, 4.69) is 0 Å². The zero-order chi connectivity index (χ0) is 16.2. The molecule has 1 atom stereocenters. The molecule has 0 spiro atoms. The zero-order valence-electron chi connectivity index (χ0n) is 11.4. The van der Waals surface area contributed by atoms with Gasteiger partial charge in [0.2, 0.25) is 10.0 Å². The summed E-state index contributed by atoms with van der Waals surface area (Å²) in [5, 5.41) is 4.59. The molecule has 0 aromatic heterocycles. The molecular formula is C12H15ClFNO5S. The number of halogens is 2. The largest absolute Gasteiger partial charge is 0.457 e. The van der Waals surface area contributed by atoms with E-state index in [0.717, 1.165) is 6.07 Å². The molecule has 21 heavy (non-hydrogen) atoms. The van der Waals surface area contributed by atoms with E-state index in [4.69, 9.17) is 26.2 Å². The molecule has 0 amide bonds. The molecule has 1 unspecified atom stereocenters. The van der Waals surface area contributed by atoms with E-state index >= 15 is 0 Å². The van der Waals surface area contributed by atoms with E-state index in [1.165, 1.54) is 0 Å². The third kappa shape index (κ3) is 4.92. The number of benzene rings is 1. The van der Waals surface area contributed by atoms with Crippen LogP contribution in [0.1, 0.15) is 24.2 Å². The molecule has 0 bridgehead atoms. The molecule has 1 rings (SSSR count). The van der Waals surface area contributed by atoms with E-state index in [9.17, 15) is 17.6 Å². The van der Waals surface area contributed by atoms with Crippen LogP contribution in [0.3, 0.4) is 0 Å². The van der Waals surface area contributed by atoms with Crippen LogP contribution in [0.15, 0.2) is 17.0 Å². The van der Waals surface area contributed by atoms with Crippen LogP contribution < -0.4 is 5.14 Å². The monoisotopic (exact) mass is 339 g/mol. The second-order valence-electron chi connectivity index (χ2n) is 4.18. The summed E-state index contributed by atoms with van der Waals surface area (Å²) in [5.74, 6) is -2.03. The molecule has 6 nitrogen and oxygen atoms in total. The first-order valence-electron chi connectivity index (χ1n) is 5.97. The van der Waals surface area contributed by atoms with Gasteiger partial charge in [-0.3, -0.25) is 0 Å². The molecule has 0 saturated carbocycles. The fourth-order valence-corrected chi connectivity index (χ4v) is 2.31. The Bertz CT molecular complexity index is 635. The highest BCUT2D eigenvalue weighted by Gasteiger charge is 2.22. The van der Waals surface area contributed by atoms with Gasteiger partial charge in [-0.05, 0) is 26.0 Å². The zero-order valence-corrected chi connectivity index (χ0v) is 13.0. The Labute approximate surface area is 127 Å². The predicted octanol–water partition coefficient (Wildman–Crippen LogP) is 1.71. The van der Waals surface area contributed by atoms with E-state index in [1.54, 1.807) is 13.8 Å². The third-order valence-corrected chi connectivity index (χ3v) is 3.65. The first kappa shape index (κ1) is 17.8. The Morgan fingerprint density at radius 1 is 1.48 bits per heavy atom. The number of rotatable bonds is 6. The summed E-state index contributed by atoms with van der Waals surface area (Å²) in [6.07, 6.45) is -0.573. The number of carbonyl (C=O) groups is 1. The van der Waals surface area contributed by atoms with Crippen molar-refractivity contribution in [3.05, 3.63) is 28.5 Å². The van der Waals surface area contributed by atoms with Gasteiger partial charge in [-0.2, -0.15) is 0 Å². The molecule has 2 N–H and O–H groups in total. The van der Waals surface area contributed by atoms with Crippen molar-refractivity contribution in [2.45, 2.75) is 24.8 Å². The smallest absolute Gasteiger partial charge is 0.340 e. The maximum atomic E-state index is 13.5. The van der Waals surface area contributed by atoms with Gasteiger partial charge in [-0.1, -0.05) is 11.6 Å². The molecule has 9 heteroatoms. The summed E-state index contributed by atoms with van der Waals surface area (Å²) in [4.78, 5) is 11.1. The molecule has 0 aliphatic carbocycles. The van der Waals surface area contributed by atoms with Crippen molar-refractivity contribution in [3.8, 4) is 0 Å². The van der Waals surface area contributed by atoms with Gasteiger partial charge in [0, 0.05) is 6.61 Å². The van der Waals surface area contributed by atoms with Crippen LogP contribution in [-0.2, 0) is 19.5 Å². The number of primary sulfonamides is 1. The number of hydrogen-bond acceptors (Lipinski definition) is 5. The van der Waals surface area contributed by atoms with Crippen LogP contribution in [0.5, 0.6) is 0 Å². The normalized spacial score (nSPS) is 13.0. The van der Waals surface area contributed by atoms with Gasteiger partial charge >= 0.3 is 5.97 Å². The topological polar surface area (TPSA) is 95.7 Å². The van der Waals surface area contributed by atoms with E-state index in [0.29, 0.717) is 12.7 Å². The Morgan fingerprint density at radius 3 is 2.62 bits per heavy atom. The number of ether oxygens (including phenoxy) is 2. The SMILES string of the molecule is CCOCC(C)OC(=O)c1cc(S(N)(=O)=O)c(F)cc1Cl. The lowest BCUT2D eigenvalue weighted by atomic mass is 10.2. The second-order valence-corrected chi connectivity index (χ2v) is 6.12. The summed E-state index contributed by atoms with van der Waals surface area (Å²) in [7, 11) is -4.32. The summed E-state index contributed by atoms with van der Waals surface area (Å²) in [6, 6.07) is 1.45. The van der Waals surface area contributed by atoms with E-state index in [1.807, 2.05) is 0 Å². The van der Waals surface area contributed by atoms with E-state index < -0.39 is 32.8 Å². The minimum atomic E-state index is -4.32. The molecule has 1 aromatic rings. The van der Waals surface area contributed by atoms with Gasteiger partial charge in [-0.15, -0.1) is 0 Å². The lowest BCUT2D eigenvalue weighted by molar-refractivity contribution is 0.00438. The summed E-state index contributed by atoms with van der Waals surface area (Å²) >= 11 is 5.73. The maximum Gasteiger partial charge on any atom is 0.340 e. The first-order valence-corrected chi connectivity index (χ1v) is 7.89. The van der Waals surface area contributed by atoms with Gasteiger partial charge in [0.1, 0.15) is 16.8 Å². The molecule has 0 heterocycles. The van der Waals surface area contributed by atoms with Crippen molar-refractivity contribution in [3.63, 3.8) is 0 Å². The Morgan fingerprint density at radius 2 is 2.10 bits per heavy atom. The van der Waals surface area contributed by atoms with Gasteiger partial charge < -0.3 is 9.47 Å². The van der Waals surface area contributed by atoms with Gasteiger partial charge in [0.05, 0.1) is 17.2 Å². The van der Waals surface area contributed by atoms with Crippen molar-refractivity contribution < 1.29 is 27.1 Å². The van der Waals surface area contributed by atoms with Crippen LogP contribution in [0, 0.1) is 5.82 Å². The number of nitrogens with two attached hydrogens (primary N) is 1. The highest BCUT2D eigenvalue weighted by Crippen LogP contribution is 2.24. The van der Waals surface area contributed by atoms with Crippen LogP contribution in [0.25, 0.3) is 0 Å². The predicted molar refractivity (Wildman–Crippen MR) is 74.2 cm³/mol. The summed E-state index contributed by atoms with van der Waals surface area (Å²) < 4.78 is 46.0. The molecule has 1 aromatic carbocycles. The van der Waals surface area contributed by atoms with Crippen molar-refractivity contribution in [2.24, 2.45) is 5.14 Å². The number of esters is 1. The van der Waals surface area contributed by atoms with Gasteiger partial charge in [-0.25, -0.2) is 22.7 Å². The summed E-state index contributed by atoms with van der Waals surface area (Å²) in [5.41, 5.74) is -0.287. The molecule has 118 valence electrons.